The summed E-state index contributed by atoms with van der Waals surface area (Å²) in [7, 11) is 0. The Morgan fingerprint density at radius 3 is 2.23 bits per heavy atom. The molecule has 2 aromatic carbocycles. The quantitative estimate of drug-likeness (QED) is 0.218. The Bertz CT molecular complexity index is 1220. The monoisotopic (exact) mass is 605 g/mol. The van der Waals surface area contributed by atoms with Gasteiger partial charge in [0, 0.05) is 41.6 Å². The van der Waals surface area contributed by atoms with E-state index in [9.17, 15) is 22.8 Å². The lowest BCUT2D eigenvalue weighted by Gasteiger charge is -2.29. The topological polar surface area (TPSA) is 45.6 Å². The maximum Gasteiger partial charge on any atom is 0.416 e. The molecule has 9 heteroatoms. The molecule has 5 nitrogen and oxygen atoms in total. The number of rotatable bonds is 12. The van der Waals surface area contributed by atoms with Gasteiger partial charge in [-0.1, -0.05) is 55.3 Å². The van der Waals surface area contributed by atoms with Crippen molar-refractivity contribution in [2.75, 3.05) is 19.6 Å². The molecule has 0 unspecified atom stereocenters. The SMILES string of the molecule is CCCCN(Cc1cccn1Cc1ccc(Br)cc1)C(=O)CN(CC(C)C)C(=O)c1ccc(C(F)(F)F)cc1. The number of aromatic nitrogens is 1. The first-order chi connectivity index (χ1) is 18.5. The number of unbranched alkanes of at least 4 members (excludes halogenated alkanes) is 1. The van der Waals surface area contributed by atoms with E-state index in [4.69, 9.17) is 0 Å². The smallest absolute Gasteiger partial charge is 0.345 e. The van der Waals surface area contributed by atoms with Crippen LogP contribution in [0.4, 0.5) is 13.2 Å². The maximum absolute atomic E-state index is 13.6. The summed E-state index contributed by atoms with van der Waals surface area (Å²) in [6, 6.07) is 16.2. The Hall–Kier alpha value is -3.07. The molecule has 0 aliphatic rings. The van der Waals surface area contributed by atoms with Gasteiger partial charge in [0.15, 0.2) is 0 Å². The molecule has 0 bridgehead atoms. The fraction of sp³-hybridized carbons (Fsp3) is 0.400. The number of hydrogen-bond acceptors (Lipinski definition) is 2. The van der Waals surface area contributed by atoms with Gasteiger partial charge in [0.1, 0.15) is 6.54 Å². The van der Waals surface area contributed by atoms with E-state index >= 15 is 0 Å². The van der Waals surface area contributed by atoms with Crippen LogP contribution >= 0.6 is 15.9 Å². The third kappa shape index (κ3) is 8.98. The number of nitrogens with zero attached hydrogens (tertiary/aromatic N) is 3. The van der Waals surface area contributed by atoms with E-state index in [0.717, 1.165) is 40.7 Å². The molecule has 0 fully saturated rings. The van der Waals surface area contributed by atoms with Crippen LogP contribution in [-0.4, -0.2) is 45.8 Å². The van der Waals surface area contributed by atoms with Crippen LogP contribution in [0.2, 0.25) is 0 Å². The van der Waals surface area contributed by atoms with Crippen molar-refractivity contribution in [3.63, 3.8) is 0 Å². The van der Waals surface area contributed by atoms with Gasteiger partial charge < -0.3 is 14.4 Å². The molecule has 0 atom stereocenters. The normalized spacial score (nSPS) is 11.6. The molecule has 3 aromatic rings. The van der Waals surface area contributed by atoms with Crippen molar-refractivity contribution in [1.82, 2.24) is 14.4 Å². The Morgan fingerprint density at radius 1 is 0.974 bits per heavy atom. The van der Waals surface area contributed by atoms with E-state index in [2.05, 4.69) is 27.4 Å². The van der Waals surface area contributed by atoms with Crippen molar-refractivity contribution in [2.24, 2.45) is 5.92 Å². The lowest BCUT2D eigenvalue weighted by atomic mass is 10.1. The van der Waals surface area contributed by atoms with Crippen LogP contribution in [0, 0.1) is 5.92 Å². The van der Waals surface area contributed by atoms with Gasteiger partial charge in [-0.05, 0) is 66.4 Å². The van der Waals surface area contributed by atoms with Gasteiger partial charge in [-0.3, -0.25) is 9.59 Å². The van der Waals surface area contributed by atoms with Crippen LogP contribution in [0.25, 0.3) is 0 Å². The largest absolute Gasteiger partial charge is 0.416 e. The van der Waals surface area contributed by atoms with Crippen LogP contribution in [0.5, 0.6) is 0 Å². The summed E-state index contributed by atoms with van der Waals surface area (Å²) in [6.45, 7) is 7.69. The van der Waals surface area contributed by atoms with E-state index < -0.39 is 17.6 Å². The van der Waals surface area contributed by atoms with Crippen LogP contribution in [0.15, 0.2) is 71.3 Å². The molecule has 3 rings (SSSR count). The Labute approximate surface area is 236 Å². The zero-order valence-electron chi connectivity index (χ0n) is 22.5. The minimum Gasteiger partial charge on any atom is -0.345 e. The van der Waals surface area contributed by atoms with Gasteiger partial charge >= 0.3 is 6.18 Å². The highest BCUT2D eigenvalue weighted by atomic mass is 79.9. The third-order valence-corrected chi connectivity index (χ3v) is 6.86. The predicted molar refractivity (Wildman–Crippen MR) is 150 cm³/mol. The summed E-state index contributed by atoms with van der Waals surface area (Å²) in [5, 5.41) is 0. The number of amides is 2. The van der Waals surface area contributed by atoms with Gasteiger partial charge in [-0.2, -0.15) is 13.2 Å². The molecular formula is C30H35BrF3N3O2. The minimum atomic E-state index is -4.48. The number of halogens is 4. The van der Waals surface area contributed by atoms with Crippen LogP contribution in [0.3, 0.4) is 0 Å². The lowest BCUT2D eigenvalue weighted by molar-refractivity contribution is -0.137. The first-order valence-corrected chi connectivity index (χ1v) is 13.9. The molecule has 1 heterocycles. The van der Waals surface area contributed by atoms with Crippen LogP contribution in [-0.2, 0) is 24.1 Å². The summed E-state index contributed by atoms with van der Waals surface area (Å²) in [6.07, 6.45) is -0.775. The van der Waals surface area contributed by atoms with Gasteiger partial charge in [0.2, 0.25) is 5.91 Å². The molecular weight excluding hydrogens is 571 g/mol. The summed E-state index contributed by atoms with van der Waals surface area (Å²) in [5.41, 5.74) is 1.42. The van der Waals surface area contributed by atoms with Crippen molar-refractivity contribution in [1.29, 1.82) is 0 Å². The van der Waals surface area contributed by atoms with Gasteiger partial charge in [0.25, 0.3) is 5.91 Å². The van der Waals surface area contributed by atoms with Crippen molar-refractivity contribution in [3.05, 3.63) is 93.7 Å². The zero-order chi connectivity index (χ0) is 28.6. The standard InChI is InChI=1S/C30H35BrF3N3O2/c1-4-5-16-36(20-27-7-6-17-35(27)19-23-8-14-26(31)15-9-23)28(38)21-37(18-22(2)3)29(39)24-10-12-25(13-11-24)30(32,33)34/h6-15,17,22H,4-5,16,18-21H2,1-3H3. The molecule has 1 aromatic heterocycles. The van der Waals surface area contributed by atoms with Crippen molar-refractivity contribution in [2.45, 2.75) is 52.9 Å². The average Bonchev–Trinajstić information content (AvgIpc) is 3.32. The van der Waals surface area contributed by atoms with E-state index in [1.807, 2.05) is 56.4 Å². The molecule has 39 heavy (non-hydrogen) atoms. The second-order valence-electron chi connectivity index (χ2n) is 10.1. The molecule has 0 aliphatic heterocycles. The highest BCUT2D eigenvalue weighted by Gasteiger charge is 2.31. The second kappa shape index (κ2) is 13.8. The third-order valence-electron chi connectivity index (χ3n) is 6.33. The molecule has 210 valence electrons. The molecule has 0 saturated heterocycles. The fourth-order valence-electron chi connectivity index (χ4n) is 4.28. The van der Waals surface area contributed by atoms with Gasteiger partial charge in [0.05, 0.1) is 12.1 Å². The number of carbonyl (C=O) groups is 2. The average molecular weight is 607 g/mol. The maximum atomic E-state index is 13.6. The van der Waals surface area contributed by atoms with Gasteiger partial charge in [-0.25, -0.2) is 0 Å². The highest BCUT2D eigenvalue weighted by Crippen LogP contribution is 2.29. The van der Waals surface area contributed by atoms with Crippen molar-refractivity contribution < 1.29 is 22.8 Å². The lowest BCUT2D eigenvalue weighted by Crippen LogP contribution is -2.44. The summed E-state index contributed by atoms with van der Waals surface area (Å²) in [5.74, 6) is -0.580. The molecule has 0 spiro atoms. The zero-order valence-corrected chi connectivity index (χ0v) is 24.1. The number of carbonyl (C=O) groups excluding carboxylic acids is 2. The summed E-state index contributed by atoms with van der Waals surface area (Å²) >= 11 is 3.46. The second-order valence-corrected chi connectivity index (χ2v) is 11.0. The highest BCUT2D eigenvalue weighted by molar-refractivity contribution is 9.10. The van der Waals surface area contributed by atoms with E-state index in [-0.39, 0.29) is 23.9 Å². The molecule has 0 N–H and O–H groups in total. The van der Waals surface area contributed by atoms with E-state index in [1.165, 1.54) is 17.0 Å². The van der Waals surface area contributed by atoms with E-state index in [1.54, 1.807) is 4.90 Å². The van der Waals surface area contributed by atoms with Crippen molar-refractivity contribution in [3.8, 4) is 0 Å². The molecule has 2 amide bonds. The fourth-order valence-corrected chi connectivity index (χ4v) is 4.54. The predicted octanol–water partition coefficient (Wildman–Crippen LogP) is 7.24. The first kappa shape index (κ1) is 30.5. The van der Waals surface area contributed by atoms with Gasteiger partial charge in [-0.15, -0.1) is 0 Å². The van der Waals surface area contributed by atoms with Crippen molar-refractivity contribution >= 4 is 27.7 Å². The van der Waals surface area contributed by atoms with Crippen LogP contribution in [0.1, 0.15) is 60.8 Å². The number of hydrogen-bond donors (Lipinski definition) is 0. The Kier molecular flexibility index (Phi) is 10.8. The Morgan fingerprint density at radius 2 is 1.64 bits per heavy atom. The number of benzene rings is 2. The number of alkyl halides is 3. The first-order valence-electron chi connectivity index (χ1n) is 13.1. The summed E-state index contributed by atoms with van der Waals surface area (Å²) in [4.78, 5) is 30.1. The summed E-state index contributed by atoms with van der Waals surface area (Å²) < 4.78 is 42.1. The van der Waals surface area contributed by atoms with E-state index in [0.29, 0.717) is 26.2 Å². The molecule has 0 aliphatic carbocycles. The molecule has 0 saturated carbocycles. The van der Waals surface area contributed by atoms with Crippen LogP contribution < -0.4 is 0 Å². The minimum absolute atomic E-state index is 0.0726. The Balaban J connectivity index is 1.77. The molecule has 0 radical (unpaired) electrons.